The minimum absolute atomic E-state index is 0.0325. The maximum Gasteiger partial charge on any atom is 0.226 e. The molecular weight excluding hydrogens is 415 g/mol. The normalized spacial score (nSPS) is 22.8. The van der Waals surface area contributed by atoms with E-state index in [0.717, 1.165) is 28.4 Å². The number of carbonyl (C=O) groups excluding carboxylic acids is 1. The van der Waals surface area contributed by atoms with Gasteiger partial charge in [0, 0.05) is 30.6 Å². The lowest BCUT2D eigenvalue weighted by Gasteiger charge is -2.43. The number of amides is 1. The Morgan fingerprint density at radius 1 is 0.967 bits per heavy atom. The Bertz CT molecular complexity index is 954. The lowest BCUT2D eigenvalue weighted by atomic mass is 10.00. The zero-order valence-electron chi connectivity index (χ0n) is 18.4. The van der Waals surface area contributed by atoms with E-state index in [-0.39, 0.29) is 28.7 Å². The van der Waals surface area contributed by atoms with Crippen molar-refractivity contribution in [3.63, 3.8) is 0 Å². The summed E-state index contributed by atoms with van der Waals surface area (Å²) in [6.07, 6.45) is 0. The van der Waals surface area contributed by atoms with Crippen molar-refractivity contribution in [2.24, 2.45) is 16.7 Å². The Hall–Kier alpha value is -1.71. The van der Waals surface area contributed by atoms with E-state index in [2.05, 4.69) is 61.8 Å². The predicted octanol–water partition coefficient (Wildman–Crippen LogP) is 6.37. The Morgan fingerprint density at radius 2 is 1.60 bits per heavy atom. The summed E-state index contributed by atoms with van der Waals surface area (Å²) in [5, 5.41) is 1.46. The van der Waals surface area contributed by atoms with Crippen LogP contribution >= 0.6 is 23.2 Å². The molecule has 1 atom stereocenters. The molecule has 1 heterocycles. The summed E-state index contributed by atoms with van der Waals surface area (Å²) in [6, 6.07) is 14.2. The molecule has 30 heavy (non-hydrogen) atoms. The Morgan fingerprint density at radius 3 is 2.17 bits per heavy atom. The fourth-order valence-corrected chi connectivity index (χ4v) is 5.55. The highest BCUT2D eigenvalue weighted by Gasteiger charge is 2.69. The molecule has 1 saturated carbocycles. The van der Waals surface area contributed by atoms with E-state index in [4.69, 9.17) is 23.2 Å². The molecule has 0 radical (unpaired) electrons. The molecule has 1 saturated heterocycles. The molecular formula is C25H30Cl2N2O. The number of hydrogen-bond donors (Lipinski definition) is 0. The highest BCUT2D eigenvalue weighted by Crippen LogP contribution is 2.68. The number of piperazine rings is 1. The topological polar surface area (TPSA) is 23.6 Å². The first-order chi connectivity index (χ1) is 14.0. The zero-order valence-corrected chi connectivity index (χ0v) is 19.9. The first kappa shape index (κ1) is 21.5. The Labute approximate surface area is 190 Å². The second kappa shape index (κ2) is 7.46. The van der Waals surface area contributed by atoms with Crippen LogP contribution in [0, 0.1) is 23.7 Å². The lowest BCUT2D eigenvalue weighted by molar-refractivity contribution is -0.134. The molecule has 1 amide bonds. The fraction of sp³-hybridized carbons (Fsp3) is 0.480. The molecule has 0 N–H and O–H groups in total. The van der Waals surface area contributed by atoms with E-state index in [9.17, 15) is 4.79 Å². The van der Waals surface area contributed by atoms with E-state index in [1.807, 2.05) is 25.1 Å². The van der Waals surface area contributed by atoms with Gasteiger partial charge in [-0.3, -0.25) is 4.79 Å². The number of nitrogens with zero attached hydrogens (tertiary/aromatic N) is 2. The van der Waals surface area contributed by atoms with E-state index < -0.39 is 0 Å². The van der Waals surface area contributed by atoms with Crippen LogP contribution in [0.15, 0.2) is 42.5 Å². The lowest BCUT2D eigenvalue weighted by Crippen LogP contribution is -2.51. The van der Waals surface area contributed by atoms with Crippen molar-refractivity contribution in [1.29, 1.82) is 0 Å². The SMILES string of the molecule is Cc1ccc(N2CCN(C(=O)C3C(C)(C)C3(C)C)C[C@H]2c2ccc(Cl)cc2)c(Cl)c1. The molecule has 0 aromatic heterocycles. The predicted molar refractivity (Wildman–Crippen MR) is 125 cm³/mol. The van der Waals surface area contributed by atoms with Gasteiger partial charge < -0.3 is 9.80 Å². The van der Waals surface area contributed by atoms with Gasteiger partial charge in [0.15, 0.2) is 0 Å². The summed E-state index contributed by atoms with van der Waals surface area (Å²) in [5.74, 6) is 0.351. The van der Waals surface area contributed by atoms with Crippen LogP contribution in [0.5, 0.6) is 0 Å². The van der Waals surface area contributed by atoms with Crippen molar-refractivity contribution in [3.8, 4) is 0 Å². The third-order valence-corrected chi connectivity index (χ3v) is 8.18. The minimum Gasteiger partial charge on any atom is -0.360 e. The van der Waals surface area contributed by atoms with Gasteiger partial charge in [-0.2, -0.15) is 0 Å². The summed E-state index contributed by atoms with van der Waals surface area (Å²) in [4.78, 5) is 17.8. The molecule has 1 aliphatic heterocycles. The molecule has 5 heteroatoms. The standard InChI is InChI=1S/C25H30Cl2N2O/c1-16-6-11-20(19(27)14-16)29-13-12-28(23(30)22-24(2,3)25(22,4)5)15-21(29)17-7-9-18(26)10-8-17/h6-11,14,21-22H,12-13,15H2,1-5H3/t21-/m0/s1. The van der Waals surface area contributed by atoms with Crippen LogP contribution < -0.4 is 4.90 Å². The van der Waals surface area contributed by atoms with Gasteiger partial charge >= 0.3 is 0 Å². The first-order valence-corrected chi connectivity index (χ1v) is 11.4. The molecule has 1 aliphatic carbocycles. The van der Waals surface area contributed by atoms with Crippen LogP contribution in [0.25, 0.3) is 0 Å². The van der Waals surface area contributed by atoms with Gasteiger partial charge in [0.1, 0.15) is 0 Å². The smallest absolute Gasteiger partial charge is 0.226 e. The van der Waals surface area contributed by atoms with Crippen LogP contribution in [0.1, 0.15) is 44.9 Å². The molecule has 2 fully saturated rings. The molecule has 4 rings (SSSR count). The number of halogens is 2. The van der Waals surface area contributed by atoms with Crippen LogP contribution in [0.2, 0.25) is 10.0 Å². The van der Waals surface area contributed by atoms with Gasteiger partial charge in [-0.05, 0) is 53.1 Å². The summed E-state index contributed by atoms with van der Waals surface area (Å²) in [7, 11) is 0. The number of hydrogen-bond acceptors (Lipinski definition) is 2. The number of anilines is 1. The zero-order chi connectivity index (χ0) is 21.8. The minimum atomic E-state index is 0.0325. The molecule has 0 bridgehead atoms. The van der Waals surface area contributed by atoms with Crippen LogP contribution in [-0.2, 0) is 4.79 Å². The van der Waals surface area contributed by atoms with Crippen molar-refractivity contribution in [1.82, 2.24) is 4.90 Å². The van der Waals surface area contributed by atoms with Crippen LogP contribution in [0.4, 0.5) is 5.69 Å². The average Bonchev–Trinajstić information content (AvgIpc) is 3.10. The quantitative estimate of drug-likeness (QED) is 0.548. The van der Waals surface area contributed by atoms with E-state index >= 15 is 0 Å². The van der Waals surface area contributed by atoms with Crippen molar-refractivity contribution in [2.75, 3.05) is 24.5 Å². The van der Waals surface area contributed by atoms with Crippen molar-refractivity contribution in [2.45, 2.75) is 40.7 Å². The summed E-state index contributed by atoms with van der Waals surface area (Å²) >= 11 is 12.8. The van der Waals surface area contributed by atoms with Crippen molar-refractivity contribution in [3.05, 3.63) is 63.6 Å². The third kappa shape index (κ3) is 3.50. The van der Waals surface area contributed by atoms with Crippen LogP contribution in [-0.4, -0.2) is 30.4 Å². The summed E-state index contributed by atoms with van der Waals surface area (Å²) < 4.78 is 0. The first-order valence-electron chi connectivity index (χ1n) is 10.6. The van der Waals surface area contributed by atoms with Gasteiger partial charge in [0.2, 0.25) is 5.91 Å². The van der Waals surface area contributed by atoms with Crippen molar-refractivity contribution < 1.29 is 4.79 Å². The molecule has 3 nitrogen and oxygen atoms in total. The van der Waals surface area contributed by atoms with E-state index in [1.165, 1.54) is 0 Å². The Kier molecular flexibility index (Phi) is 5.35. The monoisotopic (exact) mass is 444 g/mol. The third-order valence-electron chi connectivity index (χ3n) is 7.63. The molecule has 0 spiro atoms. The number of aryl methyl sites for hydroxylation is 1. The number of rotatable bonds is 3. The molecule has 2 aliphatic rings. The second-order valence-electron chi connectivity index (χ2n) is 9.88. The average molecular weight is 445 g/mol. The number of carbonyl (C=O) groups is 1. The summed E-state index contributed by atoms with van der Waals surface area (Å²) in [6.45, 7) is 13.0. The van der Waals surface area contributed by atoms with Crippen LogP contribution in [0.3, 0.4) is 0 Å². The maximum atomic E-state index is 13.4. The molecule has 2 aromatic carbocycles. The maximum absolute atomic E-state index is 13.4. The second-order valence-corrected chi connectivity index (χ2v) is 10.7. The van der Waals surface area contributed by atoms with Crippen molar-refractivity contribution >= 4 is 34.8 Å². The van der Waals surface area contributed by atoms with Gasteiger partial charge in [-0.25, -0.2) is 0 Å². The van der Waals surface area contributed by atoms with Gasteiger partial charge in [0.05, 0.1) is 16.8 Å². The largest absolute Gasteiger partial charge is 0.360 e. The molecule has 0 unspecified atom stereocenters. The van der Waals surface area contributed by atoms with Gasteiger partial charge in [0.25, 0.3) is 0 Å². The Balaban J connectivity index is 1.65. The molecule has 160 valence electrons. The fourth-order valence-electron chi connectivity index (χ4n) is 5.08. The van der Waals surface area contributed by atoms with Gasteiger partial charge in [-0.1, -0.05) is 69.1 Å². The highest BCUT2D eigenvalue weighted by atomic mass is 35.5. The van der Waals surface area contributed by atoms with E-state index in [0.29, 0.717) is 18.1 Å². The number of benzene rings is 2. The summed E-state index contributed by atoms with van der Waals surface area (Å²) in [5.41, 5.74) is 3.37. The van der Waals surface area contributed by atoms with E-state index in [1.54, 1.807) is 0 Å². The van der Waals surface area contributed by atoms with Gasteiger partial charge in [-0.15, -0.1) is 0 Å². The molecule has 2 aromatic rings. The highest BCUT2D eigenvalue weighted by molar-refractivity contribution is 6.33.